The van der Waals surface area contributed by atoms with Crippen LogP contribution < -0.4 is 0 Å². The van der Waals surface area contributed by atoms with Crippen LogP contribution in [0.3, 0.4) is 0 Å². The first-order valence-corrected chi connectivity index (χ1v) is 9.92. The largest absolute Gasteiger partial charge is 0.481 e. The van der Waals surface area contributed by atoms with Crippen LogP contribution >= 0.6 is 0 Å². The highest BCUT2D eigenvalue weighted by atomic mass is 16.4. The molecule has 0 radical (unpaired) electrons. The lowest BCUT2D eigenvalue weighted by Gasteiger charge is -2.58. The Morgan fingerprint density at radius 2 is 2.04 bits per heavy atom. The Kier molecular flexibility index (Phi) is 4.22. The van der Waals surface area contributed by atoms with Crippen molar-refractivity contribution in [2.24, 2.45) is 22.7 Å². The number of aromatic amines is 1. The fraction of sp³-hybridized carbons (Fsp3) is 0.522. The lowest BCUT2D eigenvalue weighted by Crippen LogP contribution is -2.59. The Bertz CT molecular complexity index is 900. The number of aliphatic hydroxyl groups excluding tert-OH is 1. The molecule has 5 unspecified atom stereocenters. The number of aliphatic hydroxyl groups is 1. The maximum atomic E-state index is 12.2. The predicted molar refractivity (Wildman–Crippen MR) is 106 cm³/mol. The molecule has 2 aromatic rings. The van der Waals surface area contributed by atoms with E-state index in [2.05, 4.69) is 42.9 Å². The molecule has 2 aliphatic carbocycles. The number of carbonyl (C=O) groups is 1. The average Bonchev–Trinajstić information content (AvgIpc) is 3.05. The number of rotatable bonds is 3. The van der Waals surface area contributed by atoms with E-state index in [-0.39, 0.29) is 17.3 Å². The van der Waals surface area contributed by atoms with E-state index < -0.39 is 17.5 Å². The molecule has 1 aromatic carbocycles. The Hall–Kier alpha value is -2.07. The van der Waals surface area contributed by atoms with Crippen LogP contribution in [0.2, 0.25) is 0 Å². The monoisotopic (exact) mass is 367 g/mol. The van der Waals surface area contributed by atoms with Crippen LogP contribution in [0.15, 0.2) is 42.6 Å². The number of hydrogen-bond donors (Lipinski definition) is 3. The molecule has 0 saturated heterocycles. The third-order valence-corrected chi connectivity index (χ3v) is 7.77. The fourth-order valence-electron chi connectivity index (χ4n) is 6.05. The third kappa shape index (κ3) is 2.57. The van der Waals surface area contributed by atoms with Crippen molar-refractivity contribution in [1.82, 2.24) is 4.98 Å². The normalized spacial score (nSPS) is 36.6. The van der Waals surface area contributed by atoms with Crippen molar-refractivity contribution >= 4 is 16.9 Å². The molecule has 144 valence electrons. The van der Waals surface area contributed by atoms with Crippen LogP contribution in [0.1, 0.15) is 45.1 Å². The summed E-state index contributed by atoms with van der Waals surface area (Å²) in [5.74, 6) is -0.696. The van der Waals surface area contributed by atoms with Gasteiger partial charge < -0.3 is 15.2 Å². The van der Waals surface area contributed by atoms with Crippen LogP contribution in [0.25, 0.3) is 10.9 Å². The minimum atomic E-state index is -1.09. The molecular formula is C23H29NO3. The molecule has 2 aliphatic rings. The summed E-state index contributed by atoms with van der Waals surface area (Å²) in [6, 6.07) is 8.30. The quantitative estimate of drug-likeness (QED) is 0.697. The second-order valence-corrected chi connectivity index (χ2v) is 9.01. The van der Waals surface area contributed by atoms with Gasteiger partial charge in [0.1, 0.15) is 0 Å². The number of para-hydroxylation sites is 1. The average molecular weight is 367 g/mol. The van der Waals surface area contributed by atoms with Crippen molar-refractivity contribution in [3.8, 4) is 0 Å². The highest BCUT2D eigenvalue weighted by molar-refractivity contribution is 5.83. The van der Waals surface area contributed by atoms with Crippen molar-refractivity contribution in [2.45, 2.75) is 52.1 Å². The smallest absolute Gasteiger partial charge is 0.312 e. The molecular weight excluding hydrogens is 338 g/mol. The molecule has 5 atom stereocenters. The van der Waals surface area contributed by atoms with E-state index in [0.717, 1.165) is 31.2 Å². The summed E-state index contributed by atoms with van der Waals surface area (Å²) >= 11 is 0. The Labute approximate surface area is 160 Å². The minimum absolute atomic E-state index is 0.0491. The zero-order valence-corrected chi connectivity index (χ0v) is 16.2. The van der Waals surface area contributed by atoms with Gasteiger partial charge in [0, 0.05) is 17.1 Å². The predicted octanol–water partition coefficient (Wildman–Crippen LogP) is 4.54. The first kappa shape index (κ1) is 18.3. The van der Waals surface area contributed by atoms with Crippen molar-refractivity contribution < 1.29 is 15.0 Å². The lowest BCUT2D eigenvalue weighted by molar-refractivity contribution is -0.182. The number of hydrogen-bond acceptors (Lipinski definition) is 2. The minimum Gasteiger partial charge on any atom is -0.481 e. The first-order chi connectivity index (χ1) is 12.8. The van der Waals surface area contributed by atoms with Gasteiger partial charge in [-0.2, -0.15) is 0 Å². The molecule has 1 heterocycles. The fourth-order valence-corrected chi connectivity index (χ4v) is 6.05. The molecule has 27 heavy (non-hydrogen) atoms. The molecule has 0 amide bonds. The summed E-state index contributed by atoms with van der Waals surface area (Å²) in [5, 5.41) is 21.8. The number of carboxylic acid groups (broad SMARTS) is 1. The van der Waals surface area contributed by atoms with Crippen molar-refractivity contribution in [3.63, 3.8) is 0 Å². The van der Waals surface area contributed by atoms with Crippen molar-refractivity contribution in [3.05, 3.63) is 48.2 Å². The van der Waals surface area contributed by atoms with Crippen LogP contribution in [0.5, 0.6) is 0 Å². The van der Waals surface area contributed by atoms with E-state index >= 15 is 0 Å². The van der Waals surface area contributed by atoms with E-state index in [1.165, 1.54) is 16.5 Å². The van der Waals surface area contributed by atoms with Gasteiger partial charge in [-0.25, -0.2) is 0 Å². The van der Waals surface area contributed by atoms with E-state index in [4.69, 9.17) is 0 Å². The zero-order valence-electron chi connectivity index (χ0n) is 16.2. The van der Waals surface area contributed by atoms with Crippen LogP contribution in [-0.2, 0) is 11.2 Å². The summed E-state index contributed by atoms with van der Waals surface area (Å²) < 4.78 is 0. The third-order valence-electron chi connectivity index (χ3n) is 7.77. The maximum absolute atomic E-state index is 12.2. The first-order valence-electron chi connectivity index (χ1n) is 9.92. The molecule has 4 nitrogen and oxygen atoms in total. The van der Waals surface area contributed by atoms with E-state index in [9.17, 15) is 15.0 Å². The van der Waals surface area contributed by atoms with Crippen LogP contribution in [-0.4, -0.2) is 27.3 Å². The van der Waals surface area contributed by atoms with Crippen LogP contribution in [0.4, 0.5) is 0 Å². The number of benzene rings is 1. The zero-order chi connectivity index (χ0) is 19.4. The van der Waals surface area contributed by atoms with Crippen molar-refractivity contribution in [1.29, 1.82) is 0 Å². The molecule has 2 saturated carbocycles. The Balaban J connectivity index is 1.74. The number of carboxylic acids is 1. The molecule has 0 bridgehead atoms. The molecule has 4 rings (SSSR count). The molecule has 0 spiro atoms. The van der Waals surface area contributed by atoms with Gasteiger partial charge in [0.25, 0.3) is 0 Å². The lowest BCUT2D eigenvalue weighted by atomic mass is 9.46. The van der Waals surface area contributed by atoms with E-state index in [1.807, 2.05) is 6.07 Å². The second-order valence-electron chi connectivity index (χ2n) is 9.01. The number of aliphatic carboxylic acids is 1. The summed E-state index contributed by atoms with van der Waals surface area (Å²) in [7, 11) is 0. The topological polar surface area (TPSA) is 73.3 Å². The summed E-state index contributed by atoms with van der Waals surface area (Å²) in [4.78, 5) is 15.5. The molecule has 0 aliphatic heterocycles. The number of H-pyrrole nitrogens is 1. The Morgan fingerprint density at radius 1 is 1.30 bits per heavy atom. The van der Waals surface area contributed by atoms with Gasteiger partial charge in [-0.15, -0.1) is 0 Å². The van der Waals surface area contributed by atoms with E-state index in [1.54, 1.807) is 6.92 Å². The van der Waals surface area contributed by atoms with Gasteiger partial charge in [-0.1, -0.05) is 37.3 Å². The van der Waals surface area contributed by atoms with E-state index in [0.29, 0.717) is 6.42 Å². The number of aromatic nitrogens is 1. The Morgan fingerprint density at radius 3 is 2.78 bits per heavy atom. The second kappa shape index (κ2) is 6.23. The number of nitrogens with one attached hydrogen (secondary N) is 1. The van der Waals surface area contributed by atoms with Crippen molar-refractivity contribution in [2.75, 3.05) is 0 Å². The van der Waals surface area contributed by atoms with Gasteiger partial charge in [0.05, 0.1) is 11.5 Å². The van der Waals surface area contributed by atoms with Gasteiger partial charge in [-0.3, -0.25) is 4.79 Å². The van der Waals surface area contributed by atoms with Crippen LogP contribution in [0, 0.1) is 22.7 Å². The molecule has 4 heteroatoms. The summed E-state index contributed by atoms with van der Waals surface area (Å²) in [6.45, 7) is 8.36. The summed E-state index contributed by atoms with van der Waals surface area (Å²) in [6.07, 6.45) is 5.16. The van der Waals surface area contributed by atoms with Gasteiger partial charge in [-0.05, 0) is 67.9 Å². The molecule has 2 fully saturated rings. The standard InChI is InChI=1S/C23H29NO3/c1-14-8-9-19-22(2,11-10-20(25)23(19,3)21(26)27)17(14)12-15-13-24-18-7-5-4-6-16(15)18/h4-7,13,17,19-20,24-25H,1,8-12H2,2-3H3,(H,26,27). The highest BCUT2D eigenvalue weighted by Crippen LogP contribution is 2.61. The van der Waals surface area contributed by atoms with Gasteiger partial charge in [0.15, 0.2) is 0 Å². The molecule has 3 N–H and O–H groups in total. The molecule has 1 aromatic heterocycles. The number of allylic oxidation sites excluding steroid dienone is 1. The summed E-state index contributed by atoms with van der Waals surface area (Å²) in [5.41, 5.74) is 2.36. The maximum Gasteiger partial charge on any atom is 0.312 e. The van der Waals surface area contributed by atoms with Gasteiger partial charge in [0.2, 0.25) is 0 Å². The van der Waals surface area contributed by atoms with Gasteiger partial charge >= 0.3 is 5.97 Å². The SMILES string of the molecule is C=C1CCC2C(C)(CCC(O)C2(C)C(=O)O)C1Cc1c[nH]c2ccccc12. The highest BCUT2D eigenvalue weighted by Gasteiger charge is 2.61. The number of fused-ring (bicyclic) bond motifs is 2.